The van der Waals surface area contributed by atoms with Gasteiger partial charge in [-0.15, -0.1) is 0 Å². The monoisotopic (exact) mass is 419 g/mol. The molecule has 0 saturated carbocycles. The summed E-state index contributed by atoms with van der Waals surface area (Å²) in [6, 6.07) is 7.72. The Morgan fingerprint density at radius 2 is 1.50 bits per heavy atom. The highest BCUT2D eigenvalue weighted by atomic mass is 16.6. The Labute approximate surface area is 176 Å². The van der Waals surface area contributed by atoms with Crippen molar-refractivity contribution in [3.63, 3.8) is 0 Å². The van der Waals surface area contributed by atoms with Gasteiger partial charge in [0.1, 0.15) is 29.8 Å². The Hall–Kier alpha value is -2.90. The fraction of sp³-hybridized carbons (Fsp3) is 0.545. The normalized spacial score (nSPS) is 19.4. The van der Waals surface area contributed by atoms with Crippen molar-refractivity contribution in [2.45, 2.75) is 71.8 Å². The zero-order valence-electron chi connectivity index (χ0n) is 18.3. The minimum absolute atomic E-state index is 0.0208. The van der Waals surface area contributed by atoms with Gasteiger partial charge in [-0.2, -0.15) is 0 Å². The van der Waals surface area contributed by atoms with E-state index in [0.29, 0.717) is 4.90 Å². The van der Waals surface area contributed by atoms with Gasteiger partial charge in [-0.3, -0.25) is 9.59 Å². The summed E-state index contributed by atoms with van der Waals surface area (Å²) in [5.74, 6) is -3.71. The van der Waals surface area contributed by atoms with Crippen molar-refractivity contribution in [3.05, 3.63) is 35.9 Å². The van der Waals surface area contributed by atoms with E-state index in [-0.39, 0.29) is 13.0 Å². The maximum absolute atomic E-state index is 12.9. The number of esters is 2. The van der Waals surface area contributed by atoms with E-state index < -0.39 is 47.1 Å². The molecule has 1 aliphatic heterocycles. The molecule has 0 radical (unpaired) electrons. The van der Waals surface area contributed by atoms with Crippen LogP contribution in [0.3, 0.4) is 0 Å². The van der Waals surface area contributed by atoms with Gasteiger partial charge in [0.05, 0.1) is 0 Å². The molecule has 0 N–H and O–H groups in total. The molecule has 0 aliphatic carbocycles. The zero-order valence-corrected chi connectivity index (χ0v) is 18.3. The number of amides is 2. The average molecular weight is 419 g/mol. The molecule has 2 amide bonds. The van der Waals surface area contributed by atoms with Gasteiger partial charge in [-0.05, 0) is 47.1 Å². The van der Waals surface area contributed by atoms with E-state index in [1.165, 1.54) is 0 Å². The van der Waals surface area contributed by atoms with Gasteiger partial charge in [0.25, 0.3) is 0 Å². The lowest BCUT2D eigenvalue weighted by Crippen LogP contribution is -2.47. The summed E-state index contributed by atoms with van der Waals surface area (Å²) in [5.41, 5.74) is -0.961. The Morgan fingerprint density at radius 3 is 2.03 bits per heavy atom. The molecule has 1 aromatic rings. The van der Waals surface area contributed by atoms with Gasteiger partial charge in [-0.1, -0.05) is 30.3 Å². The Balaban J connectivity index is 2.20. The van der Waals surface area contributed by atoms with Crippen molar-refractivity contribution in [1.29, 1.82) is 0 Å². The van der Waals surface area contributed by atoms with Crippen molar-refractivity contribution in [1.82, 2.24) is 4.90 Å². The Morgan fingerprint density at radius 1 is 0.933 bits per heavy atom. The molecule has 30 heavy (non-hydrogen) atoms. The molecule has 164 valence electrons. The number of imide groups is 1. The highest BCUT2D eigenvalue weighted by molar-refractivity contribution is 6.08. The smallest absolute Gasteiger partial charge is 0.417 e. The standard InChI is InChI=1S/C22H29NO7/c1-21(2,3)29-19(26)16-12-15(17(24)23(16)20(27)30-22(4,5)6)18(25)28-13-14-10-8-7-9-11-14/h7-11,15-16H,12-13H2,1-6H3/t15-,16+/m1/s1. The second-order valence-corrected chi connectivity index (χ2v) is 9.12. The number of carbonyl (C=O) groups excluding carboxylic acids is 4. The van der Waals surface area contributed by atoms with Crippen molar-refractivity contribution in [2.24, 2.45) is 5.92 Å². The third-order valence-corrected chi connectivity index (χ3v) is 4.08. The van der Waals surface area contributed by atoms with Gasteiger partial charge in [-0.25, -0.2) is 14.5 Å². The van der Waals surface area contributed by atoms with E-state index in [2.05, 4.69) is 0 Å². The third kappa shape index (κ3) is 6.30. The minimum atomic E-state index is -1.29. The lowest BCUT2D eigenvalue weighted by molar-refractivity contribution is -0.162. The lowest BCUT2D eigenvalue weighted by Gasteiger charge is -2.28. The molecule has 0 spiro atoms. The molecule has 2 atom stereocenters. The van der Waals surface area contributed by atoms with E-state index in [4.69, 9.17) is 14.2 Å². The molecular formula is C22H29NO7. The topological polar surface area (TPSA) is 99.2 Å². The molecular weight excluding hydrogens is 390 g/mol. The summed E-state index contributed by atoms with van der Waals surface area (Å²) in [6.45, 7) is 9.91. The van der Waals surface area contributed by atoms with Crippen molar-refractivity contribution in [2.75, 3.05) is 0 Å². The van der Waals surface area contributed by atoms with E-state index >= 15 is 0 Å². The van der Waals surface area contributed by atoms with Crippen LogP contribution in [-0.4, -0.2) is 46.1 Å². The Kier molecular flexibility index (Phi) is 6.90. The van der Waals surface area contributed by atoms with Crippen molar-refractivity contribution in [3.8, 4) is 0 Å². The molecule has 1 fully saturated rings. The van der Waals surface area contributed by atoms with Gasteiger partial charge >= 0.3 is 18.0 Å². The molecule has 1 aromatic carbocycles. The molecule has 1 saturated heterocycles. The maximum atomic E-state index is 12.9. The summed E-state index contributed by atoms with van der Waals surface area (Å²) < 4.78 is 15.9. The zero-order chi connectivity index (χ0) is 22.7. The summed E-state index contributed by atoms with van der Waals surface area (Å²) in [4.78, 5) is 51.4. The van der Waals surface area contributed by atoms with Crippen LogP contribution < -0.4 is 0 Å². The van der Waals surface area contributed by atoms with Crippen LogP contribution in [0, 0.1) is 5.92 Å². The summed E-state index contributed by atoms with van der Waals surface area (Å²) in [5, 5.41) is 0. The van der Waals surface area contributed by atoms with E-state index in [9.17, 15) is 19.2 Å². The second kappa shape index (κ2) is 8.85. The number of benzene rings is 1. The molecule has 1 heterocycles. The summed E-state index contributed by atoms with van der Waals surface area (Å²) >= 11 is 0. The van der Waals surface area contributed by atoms with Crippen molar-refractivity contribution < 1.29 is 33.4 Å². The van der Waals surface area contributed by atoms with Gasteiger partial charge in [0.15, 0.2) is 0 Å². The fourth-order valence-corrected chi connectivity index (χ4v) is 2.88. The summed E-state index contributed by atoms with van der Waals surface area (Å²) in [6.07, 6.45) is -1.22. The second-order valence-electron chi connectivity index (χ2n) is 9.12. The van der Waals surface area contributed by atoms with Crippen LogP contribution in [0.5, 0.6) is 0 Å². The molecule has 2 rings (SSSR count). The molecule has 8 heteroatoms. The molecule has 8 nitrogen and oxygen atoms in total. The predicted molar refractivity (Wildman–Crippen MR) is 107 cm³/mol. The molecule has 0 aromatic heterocycles. The van der Waals surface area contributed by atoms with Crippen LogP contribution in [0.4, 0.5) is 4.79 Å². The van der Waals surface area contributed by atoms with Crippen LogP contribution in [-0.2, 0) is 35.2 Å². The van der Waals surface area contributed by atoms with Crippen LogP contribution in [0.15, 0.2) is 30.3 Å². The first kappa shape index (κ1) is 23.4. The average Bonchev–Trinajstić information content (AvgIpc) is 2.95. The van der Waals surface area contributed by atoms with Crippen LogP contribution >= 0.6 is 0 Å². The first-order valence-electron chi connectivity index (χ1n) is 9.78. The van der Waals surface area contributed by atoms with Gasteiger partial charge in [0, 0.05) is 6.42 Å². The molecule has 0 bridgehead atoms. The van der Waals surface area contributed by atoms with E-state index in [1.807, 2.05) is 6.07 Å². The largest absolute Gasteiger partial charge is 0.460 e. The number of likely N-dealkylation sites (tertiary alicyclic amines) is 1. The lowest BCUT2D eigenvalue weighted by atomic mass is 10.1. The van der Waals surface area contributed by atoms with Crippen LogP contribution in [0.25, 0.3) is 0 Å². The highest BCUT2D eigenvalue weighted by Gasteiger charge is 2.52. The maximum Gasteiger partial charge on any atom is 0.417 e. The van der Waals surface area contributed by atoms with Crippen molar-refractivity contribution >= 4 is 23.9 Å². The molecule has 1 aliphatic rings. The first-order valence-corrected chi connectivity index (χ1v) is 9.78. The predicted octanol–water partition coefficient (Wildman–Crippen LogP) is 3.22. The number of rotatable bonds is 4. The van der Waals surface area contributed by atoms with Crippen LogP contribution in [0.1, 0.15) is 53.5 Å². The Bertz CT molecular complexity index is 805. The highest BCUT2D eigenvalue weighted by Crippen LogP contribution is 2.30. The van der Waals surface area contributed by atoms with Gasteiger partial charge < -0.3 is 14.2 Å². The fourth-order valence-electron chi connectivity index (χ4n) is 2.88. The van der Waals surface area contributed by atoms with Gasteiger partial charge in [0.2, 0.25) is 5.91 Å². The first-order chi connectivity index (χ1) is 13.8. The van der Waals surface area contributed by atoms with E-state index in [1.54, 1.807) is 65.8 Å². The van der Waals surface area contributed by atoms with E-state index in [0.717, 1.165) is 5.56 Å². The SMILES string of the molecule is CC(C)(C)OC(=O)[C@@H]1C[C@@H](C(=O)OCc2ccccc2)C(=O)N1C(=O)OC(C)(C)C. The minimum Gasteiger partial charge on any atom is -0.460 e. The number of hydrogen-bond donors (Lipinski definition) is 0. The number of hydrogen-bond acceptors (Lipinski definition) is 7. The number of ether oxygens (including phenoxy) is 3. The van der Waals surface area contributed by atoms with Crippen LogP contribution in [0.2, 0.25) is 0 Å². The summed E-state index contributed by atoms with van der Waals surface area (Å²) in [7, 11) is 0. The third-order valence-electron chi connectivity index (χ3n) is 4.08. The number of carbonyl (C=O) groups is 4. The molecule has 0 unspecified atom stereocenters. The number of nitrogens with zero attached hydrogens (tertiary/aromatic N) is 1. The quantitative estimate of drug-likeness (QED) is 0.420.